The highest BCUT2D eigenvalue weighted by Gasteiger charge is 1.77. The van der Waals surface area contributed by atoms with Gasteiger partial charge in [-0.2, -0.15) is 0 Å². The highest BCUT2D eigenvalue weighted by atomic mass is 13.8. The average Bonchev–Trinajstić information content (AvgIpc) is 1.63. The van der Waals surface area contributed by atoms with Gasteiger partial charge in [-0.25, -0.2) is 0 Å². The zero-order valence-corrected chi connectivity index (χ0v) is 7.62. The van der Waals surface area contributed by atoms with Gasteiger partial charge in [-0.15, -0.1) is 6.58 Å². The largest absolute Gasteiger partial charge is 0.100 e. The van der Waals surface area contributed by atoms with E-state index in [0.29, 0.717) is 0 Å². The van der Waals surface area contributed by atoms with Gasteiger partial charge in [-0.1, -0.05) is 29.9 Å². The Kier molecular flexibility index (Phi) is 7.58. The fourth-order valence-corrected chi connectivity index (χ4v) is 0. The summed E-state index contributed by atoms with van der Waals surface area (Å²) < 4.78 is 0. The molecule has 0 radical (unpaired) electrons. The van der Waals surface area contributed by atoms with E-state index in [1.54, 1.807) is 0 Å². The van der Waals surface area contributed by atoms with Crippen LogP contribution in [-0.4, -0.2) is 0 Å². The van der Waals surface area contributed by atoms with Crippen LogP contribution in [-0.2, 0) is 0 Å². The quantitative estimate of drug-likeness (QED) is 0.382. The van der Waals surface area contributed by atoms with E-state index in [1.165, 1.54) is 5.57 Å². The van der Waals surface area contributed by atoms with Crippen molar-refractivity contribution in [2.45, 2.75) is 27.7 Å². The highest BCUT2D eigenvalue weighted by molar-refractivity contribution is 5.19. The molecule has 0 aromatic heterocycles. The maximum absolute atomic E-state index is 3.66. The maximum atomic E-state index is 3.66. The molecule has 0 heteroatoms. The summed E-state index contributed by atoms with van der Waals surface area (Å²) in [6.45, 7) is 18.7. The van der Waals surface area contributed by atoms with Gasteiger partial charge in [0, 0.05) is 0 Å². The molecule has 0 saturated carbocycles. The predicted octanol–water partition coefficient (Wildman–Crippen LogP) is 3.72. The summed E-state index contributed by atoms with van der Waals surface area (Å²) >= 11 is 0. The molecule has 0 aliphatic heterocycles. The lowest BCUT2D eigenvalue weighted by atomic mass is 10.2. The molecule has 0 saturated heterocycles. The second kappa shape index (κ2) is 6.34. The minimum Gasteiger partial charge on any atom is -0.100 e. The summed E-state index contributed by atoms with van der Waals surface area (Å²) in [6, 6.07) is 0. The van der Waals surface area contributed by atoms with Gasteiger partial charge in [0.25, 0.3) is 0 Å². The predicted molar refractivity (Wildman–Crippen MR) is 50.1 cm³/mol. The lowest BCUT2D eigenvalue weighted by molar-refractivity contribution is 1.39. The van der Waals surface area contributed by atoms with Crippen molar-refractivity contribution in [1.82, 2.24) is 0 Å². The van der Waals surface area contributed by atoms with Crippen LogP contribution in [0.5, 0.6) is 0 Å². The van der Waals surface area contributed by atoms with Gasteiger partial charge in [0.15, 0.2) is 0 Å². The van der Waals surface area contributed by atoms with Crippen LogP contribution < -0.4 is 0 Å². The zero-order chi connectivity index (χ0) is 8.73. The Hall–Kier alpha value is -0.780. The van der Waals surface area contributed by atoms with Gasteiger partial charge < -0.3 is 0 Å². The second-order valence-corrected chi connectivity index (χ2v) is 2.77. The molecule has 0 rings (SSSR count). The van der Waals surface area contributed by atoms with E-state index in [1.807, 2.05) is 27.7 Å². The van der Waals surface area contributed by atoms with Crippen LogP contribution in [0.15, 0.2) is 36.5 Å². The molecular formula is C10H18. The van der Waals surface area contributed by atoms with Gasteiger partial charge in [-0.3, -0.25) is 0 Å². The van der Waals surface area contributed by atoms with Gasteiger partial charge in [0.1, 0.15) is 0 Å². The second-order valence-electron chi connectivity index (χ2n) is 2.77. The Morgan fingerprint density at radius 3 is 0.800 bits per heavy atom. The lowest BCUT2D eigenvalue weighted by Crippen LogP contribution is -1.67. The Labute approximate surface area is 65.0 Å². The van der Waals surface area contributed by atoms with Crippen molar-refractivity contribution in [3.8, 4) is 0 Å². The molecule has 0 nitrogen and oxygen atoms in total. The van der Waals surface area contributed by atoms with E-state index < -0.39 is 0 Å². The molecule has 0 aromatic carbocycles. The van der Waals surface area contributed by atoms with Crippen LogP contribution in [0.1, 0.15) is 27.7 Å². The van der Waals surface area contributed by atoms with Crippen LogP contribution in [0.4, 0.5) is 0 Å². The van der Waals surface area contributed by atoms with Crippen LogP contribution in [0.2, 0.25) is 0 Å². The molecule has 0 amide bonds. The SMILES string of the molecule is C=C(C)C.C=C(C)C(=C)C. The Balaban J connectivity index is 0. The van der Waals surface area contributed by atoms with Gasteiger partial charge in [0.05, 0.1) is 0 Å². The van der Waals surface area contributed by atoms with E-state index in [9.17, 15) is 0 Å². The first kappa shape index (κ1) is 12.0. The number of rotatable bonds is 1. The average molecular weight is 138 g/mol. The molecular weight excluding hydrogens is 120 g/mol. The van der Waals surface area contributed by atoms with Crippen LogP contribution >= 0.6 is 0 Å². The van der Waals surface area contributed by atoms with Crippen molar-refractivity contribution >= 4 is 0 Å². The third kappa shape index (κ3) is 26.9. The fourth-order valence-electron chi connectivity index (χ4n) is 0. The van der Waals surface area contributed by atoms with Crippen molar-refractivity contribution in [2.75, 3.05) is 0 Å². The molecule has 0 spiro atoms. The molecule has 0 aromatic rings. The van der Waals surface area contributed by atoms with Gasteiger partial charge >= 0.3 is 0 Å². The Morgan fingerprint density at radius 2 is 0.800 bits per heavy atom. The topological polar surface area (TPSA) is 0 Å². The third-order valence-corrected chi connectivity index (χ3v) is 0.729. The smallest absolute Gasteiger partial charge is 0.0401 e. The van der Waals surface area contributed by atoms with Crippen molar-refractivity contribution in [2.24, 2.45) is 0 Å². The number of hydrogen-bond acceptors (Lipinski definition) is 0. The van der Waals surface area contributed by atoms with Crippen LogP contribution in [0.3, 0.4) is 0 Å². The molecule has 0 fully saturated rings. The molecule has 0 aliphatic rings. The standard InChI is InChI=1S/C6H10.C4H8/c1-5(2)6(3)4;1-4(2)3/h1,3H2,2,4H3;1H2,2-3H3. The normalized spacial score (nSPS) is 7.20. The van der Waals surface area contributed by atoms with Crippen LogP contribution in [0, 0.1) is 0 Å². The van der Waals surface area contributed by atoms with Gasteiger partial charge in [-0.05, 0) is 27.7 Å². The van der Waals surface area contributed by atoms with E-state index in [0.717, 1.165) is 11.1 Å². The Morgan fingerprint density at radius 1 is 0.700 bits per heavy atom. The minimum absolute atomic E-state index is 1.06. The van der Waals surface area contributed by atoms with Gasteiger partial charge in [0.2, 0.25) is 0 Å². The molecule has 0 heterocycles. The third-order valence-electron chi connectivity index (χ3n) is 0.729. The first-order chi connectivity index (χ1) is 4.37. The lowest BCUT2D eigenvalue weighted by Gasteiger charge is -1.88. The molecule has 10 heavy (non-hydrogen) atoms. The molecule has 0 aliphatic carbocycles. The van der Waals surface area contributed by atoms with E-state index in [-0.39, 0.29) is 0 Å². The summed E-state index contributed by atoms with van der Waals surface area (Å²) in [6.07, 6.45) is 0. The summed E-state index contributed by atoms with van der Waals surface area (Å²) in [7, 11) is 0. The van der Waals surface area contributed by atoms with Crippen molar-refractivity contribution in [3.63, 3.8) is 0 Å². The van der Waals surface area contributed by atoms with Crippen molar-refractivity contribution in [1.29, 1.82) is 0 Å². The summed E-state index contributed by atoms with van der Waals surface area (Å²) in [5, 5.41) is 0. The Bertz CT molecular complexity index is 122. The maximum Gasteiger partial charge on any atom is -0.0401 e. The van der Waals surface area contributed by atoms with E-state index >= 15 is 0 Å². The van der Waals surface area contributed by atoms with Crippen molar-refractivity contribution < 1.29 is 0 Å². The monoisotopic (exact) mass is 138 g/mol. The first-order valence-electron chi connectivity index (χ1n) is 3.31. The number of hydrogen-bond donors (Lipinski definition) is 0. The molecule has 0 unspecified atom stereocenters. The molecule has 0 atom stereocenters. The summed E-state index contributed by atoms with van der Waals surface area (Å²) in [4.78, 5) is 0. The molecule has 0 N–H and O–H groups in total. The highest BCUT2D eigenvalue weighted by Crippen LogP contribution is 1.98. The zero-order valence-electron chi connectivity index (χ0n) is 7.62. The summed E-state index contributed by atoms with van der Waals surface area (Å²) in [5.41, 5.74) is 3.30. The molecule has 58 valence electrons. The fraction of sp³-hybridized carbons (Fsp3) is 0.400. The minimum atomic E-state index is 1.06. The van der Waals surface area contributed by atoms with Crippen molar-refractivity contribution in [3.05, 3.63) is 36.5 Å². The molecule has 0 bridgehead atoms. The van der Waals surface area contributed by atoms with Crippen LogP contribution in [0.25, 0.3) is 0 Å². The summed E-state index contributed by atoms with van der Waals surface area (Å²) in [5.74, 6) is 0. The van der Waals surface area contributed by atoms with E-state index in [4.69, 9.17) is 0 Å². The number of allylic oxidation sites excluding steroid dienone is 3. The first-order valence-corrected chi connectivity index (χ1v) is 3.31. The van der Waals surface area contributed by atoms with E-state index in [2.05, 4.69) is 19.7 Å².